The summed E-state index contributed by atoms with van der Waals surface area (Å²) in [4.78, 5) is 14.7. The molecule has 78 valence electrons. The van der Waals surface area contributed by atoms with Crippen LogP contribution in [0.3, 0.4) is 0 Å². The summed E-state index contributed by atoms with van der Waals surface area (Å²) in [6.45, 7) is 5.27. The Balaban J connectivity index is 3.95. The lowest BCUT2D eigenvalue weighted by molar-refractivity contribution is 0.0564. The van der Waals surface area contributed by atoms with Gasteiger partial charge in [-0.2, -0.15) is 4.99 Å². The first-order valence-corrected chi connectivity index (χ1v) is 4.35. The molecule has 0 spiro atoms. The fourth-order valence-corrected chi connectivity index (χ4v) is 0.650. The van der Waals surface area contributed by atoms with Crippen LogP contribution < -0.4 is 5.32 Å². The molecule has 0 atom stereocenters. The number of hydrogen-bond donors (Lipinski definition) is 1. The fourth-order valence-electron chi connectivity index (χ4n) is 0.524. The van der Waals surface area contributed by atoms with Crippen molar-refractivity contribution in [2.24, 2.45) is 4.99 Å². The predicted octanol–water partition coefficient (Wildman–Crippen LogP) is 0.389. The molecule has 0 unspecified atom stereocenters. The third-order valence-corrected chi connectivity index (χ3v) is 1.09. The summed E-state index contributed by atoms with van der Waals surface area (Å²) in [6.07, 6.45) is 0.496. The number of ether oxygens (including phenoxy) is 1. The highest BCUT2D eigenvalue weighted by Gasteiger charge is 2.16. The molecule has 1 N–H and O–H groups in total. The molecule has 0 rings (SSSR count). The second kappa shape index (κ2) is 5.59. The van der Waals surface area contributed by atoms with Gasteiger partial charge in [-0.05, 0) is 33.0 Å². The Labute approximate surface area is 89.3 Å². The number of alkyl carbamates (subject to hydrolysis) is 1. The highest BCUT2D eigenvalue weighted by molar-refractivity contribution is 7.80. The number of carbonyl (C=O) groups is 1. The average molecular weight is 216 g/mol. The number of amides is 1. The van der Waals surface area contributed by atoms with E-state index in [0.717, 1.165) is 6.40 Å². The van der Waals surface area contributed by atoms with Crippen molar-refractivity contribution in [3.05, 3.63) is 0 Å². The second-order valence-electron chi connectivity index (χ2n) is 3.40. The predicted molar refractivity (Wildman–Crippen MR) is 60.1 cm³/mol. The molecule has 0 radical (unpaired) electrons. The zero-order valence-corrected chi connectivity index (χ0v) is 9.47. The van der Waals surface area contributed by atoms with E-state index in [0.29, 0.717) is 0 Å². The number of nitrogens with zero attached hydrogens (tertiary/aromatic N) is 1. The summed E-state index contributed by atoms with van der Waals surface area (Å²) in [7, 11) is 1.43. The topological polar surface area (TPSA) is 59.9 Å². The van der Waals surface area contributed by atoms with Crippen LogP contribution >= 0.6 is 12.2 Å². The van der Waals surface area contributed by atoms with Crippen LogP contribution in [0.15, 0.2) is 4.99 Å². The molecule has 0 aromatic heterocycles. The molecule has 0 aliphatic heterocycles. The lowest BCUT2D eigenvalue weighted by Crippen LogP contribution is -2.34. The van der Waals surface area contributed by atoms with E-state index in [-0.39, 0.29) is 5.11 Å². The van der Waals surface area contributed by atoms with Gasteiger partial charge in [0.05, 0.1) is 0 Å². The summed E-state index contributed by atoms with van der Waals surface area (Å²) < 4.78 is 9.46. The number of hydrogen-bond acceptors (Lipinski definition) is 4. The Bertz CT molecular complexity index is 250. The maximum atomic E-state index is 11.1. The molecule has 5 nitrogen and oxygen atoms in total. The zero-order chi connectivity index (χ0) is 11.2. The summed E-state index contributed by atoms with van der Waals surface area (Å²) in [5.74, 6) is 0. The van der Waals surface area contributed by atoms with Gasteiger partial charge in [-0.1, -0.05) is 0 Å². The normalized spacial score (nSPS) is 11.1. The van der Waals surface area contributed by atoms with E-state index >= 15 is 0 Å². The molecular weight excluding hydrogens is 203 g/mol. The van der Waals surface area contributed by atoms with E-state index in [2.05, 4.69) is 15.0 Å². The number of aliphatic imine (C=N–C) groups is 1. The standard InChI is InChI=1S/C7H13BN2O3S/c1-7(2,3)13-6(11)10-5(14)9-4-12-8/h4H,8H2,1-3H3,(H,10,11,14). The number of carbonyl (C=O) groups excluding carboxylic acids is 1. The van der Waals surface area contributed by atoms with Gasteiger partial charge in [0.15, 0.2) is 6.40 Å². The van der Waals surface area contributed by atoms with Gasteiger partial charge in [0.2, 0.25) is 5.11 Å². The van der Waals surface area contributed by atoms with E-state index < -0.39 is 11.7 Å². The molecule has 0 heterocycles. The van der Waals surface area contributed by atoms with E-state index in [9.17, 15) is 4.79 Å². The van der Waals surface area contributed by atoms with Crippen LogP contribution in [-0.4, -0.2) is 31.3 Å². The Morgan fingerprint density at radius 2 is 2.14 bits per heavy atom. The highest BCUT2D eigenvalue weighted by atomic mass is 32.1. The Kier molecular flexibility index (Phi) is 5.15. The van der Waals surface area contributed by atoms with Crippen LogP contribution in [0.2, 0.25) is 0 Å². The average Bonchev–Trinajstić information content (AvgIpc) is 1.96. The first kappa shape index (κ1) is 12.9. The molecule has 7 heteroatoms. The SMILES string of the molecule is BOC=NC(=S)NC(=O)OC(C)(C)C. The molecule has 0 bridgehead atoms. The van der Waals surface area contributed by atoms with Crippen LogP contribution in [0.5, 0.6) is 0 Å². The van der Waals surface area contributed by atoms with E-state index in [1.54, 1.807) is 20.8 Å². The van der Waals surface area contributed by atoms with Gasteiger partial charge >= 0.3 is 14.1 Å². The molecule has 0 saturated heterocycles. The summed E-state index contributed by atoms with van der Waals surface area (Å²) >= 11 is 4.70. The lowest BCUT2D eigenvalue weighted by Gasteiger charge is -2.19. The van der Waals surface area contributed by atoms with Gasteiger partial charge < -0.3 is 9.39 Å². The maximum Gasteiger partial charge on any atom is 0.413 e. The lowest BCUT2D eigenvalue weighted by atomic mass is 10.2. The van der Waals surface area contributed by atoms with Crippen molar-refractivity contribution >= 4 is 37.9 Å². The molecule has 14 heavy (non-hydrogen) atoms. The molecule has 0 saturated carbocycles. The second-order valence-corrected chi connectivity index (χ2v) is 3.79. The van der Waals surface area contributed by atoms with Gasteiger partial charge in [0.25, 0.3) is 0 Å². The minimum Gasteiger partial charge on any atom is -0.560 e. The van der Waals surface area contributed by atoms with Gasteiger partial charge in [-0.25, -0.2) is 4.79 Å². The van der Waals surface area contributed by atoms with Crippen molar-refractivity contribution in [1.29, 1.82) is 0 Å². The van der Waals surface area contributed by atoms with Crippen molar-refractivity contribution < 1.29 is 14.2 Å². The monoisotopic (exact) mass is 216 g/mol. The summed E-state index contributed by atoms with van der Waals surface area (Å²) in [5.41, 5.74) is -0.551. The molecule has 1 amide bonds. The minimum absolute atomic E-state index is 0.00102. The Morgan fingerprint density at radius 1 is 1.57 bits per heavy atom. The number of thiocarbonyl (C=S) groups is 1. The Hall–Kier alpha value is -1.11. The minimum atomic E-state index is -0.629. The first-order valence-electron chi connectivity index (χ1n) is 3.94. The molecular formula is C7H13BN2O3S. The smallest absolute Gasteiger partial charge is 0.413 e. The van der Waals surface area contributed by atoms with Crippen LogP contribution in [0, 0.1) is 0 Å². The molecule has 0 aliphatic rings. The van der Waals surface area contributed by atoms with Crippen LogP contribution in [0.25, 0.3) is 0 Å². The number of rotatable bonds is 1. The van der Waals surface area contributed by atoms with Gasteiger partial charge in [-0.3, -0.25) is 5.32 Å². The van der Waals surface area contributed by atoms with Crippen molar-refractivity contribution in [1.82, 2.24) is 5.32 Å². The van der Waals surface area contributed by atoms with Crippen LogP contribution in [0.4, 0.5) is 4.79 Å². The molecule has 0 aliphatic carbocycles. The van der Waals surface area contributed by atoms with Gasteiger partial charge in [0.1, 0.15) is 5.60 Å². The molecule has 0 aromatic rings. The summed E-state index contributed by atoms with van der Waals surface area (Å²) in [6, 6.07) is 0. The Morgan fingerprint density at radius 3 is 2.57 bits per heavy atom. The summed E-state index contributed by atoms with van der Waals surface area (Å²) in [5, 5.41) is 2.26. The van der Waals surface area contributed by atoms with Crippen molar-refractivity contribution in [2.45, 2.75) is 26.4 Å². The third kappa shape index (κ3) is 7.54. The van der Waals surface area contributed by atoms with Crippen LogP contribution in [0.1, 0.15) is 20.8 Å². The van der Waals surface area contributed by atoms with Crippen LogP contribution in [-0.2, 0) is 9.39 Å². The highest BCUT2D eigenvalue weighted by Crippen LogP contribution is 2.06. The fraction of sp³-hybridized carbons (Fsp3) is 0.571. The molecule has 0 fully saturated rings. The maximum absolute atomic E-state index is 11.1. The largest absolute Gasteiger partial charge is 0.560 e. The van der Waals surface area contributed by atoms with E-state index in [1.165, 1.54) is 8.05 Å². The molecule has 0 aromatic carbocycles. The van der Waals surface area contributed by atoms with Gasteiger partial charge in [-0.15, -0.1) is 0 Å². The van der Waals surface area contributed by atoms with Crippen molar-refractivity contribution in [2.75, 3.05) is 0 Å². The number of nitrogens with one attached hydrogen (secondary N) is 1. The van der Waals surface area contributed by atoms with E-state index in [4.69, 9.17) is 17.0 Å². The van der Waals surface area contributed by atoms with Crippen molar-refractivity contribution in [3.63, 3.8) is 0 Å². The third-order valence-electron chi connectivity index (χ3n) is 0.883. The van der Waals surface area contributed by atoms with E-state index in [1.807, 2.05) is 0 Å². The van der Waals surface area contributed by atoms with Gasteiger partial charge in [0, 0.05) is 0 Å². The van der Waals surface area contributed by atoms with Crippen molar-refractivity contribution in [3.8, 4) is 0 Å². The zero-order valence-electron chi connectivity index (χ0n) is 8.66. The first-order chi connectivity index (χ1) is 6.35. The quantitative estimate of drug-likeness (QED) is 0.298.